The molecule has 144 valence electrons. The Kier molecular flexibility index (Phi) is 6.29. The Morgan fingerprint density at radius 1 is 1.04 bits per heavy atom. The maximum Gasteiger partial charge on any atom is 0.271 e. The number of para-hydroxylation sites is 1. The van der Waals surface area contributed by atoms with Crippen LogP contribution in [-0.4, -0.2) is 30.1 Å². The molecule has 7 nitrogen and oxygen atoms in total. The van der Waals surface area contributed by atoms with E-state index in [4.69, 9.17) is 21.1 Å². The van der Waals surface area contributed by atoms with Gasteiger partial charge in [0.1, 0.15) is 23.0 Å². The number of hydrogen-bond donors (Lipinski definition) is 2. The number of benzene rings is 2. The summed E-state index contributed by atoms with van der Waals surface area (Å²) in [5.41, 5.74) is 1.73. The Balaban J connectivity index is 1.65. The highest BCUT2D eigenvalue weighted by Crippen LogP contribution is 2.29. The van der Waals surface area contributed by atoms with Crippen molar-refractivity contribution in [2.75, 3.05) is 19.5 Å². The van der Waals surface area contributed by atoms with E-state index in [-0.39, 0.29) is 11.6 Å². The number of hydrogen-bond acceptors (Lipinski definition) is 6. The zero-order valence-electron chi connectivity index (χ0n) is 15.4. The molecule has 2 N–H and O–H groups in total. The minimum absolute atomic E-state index is 0.207. The molecule has 2 aromatic carbocycles. The van der Waals surface area contributed by atoms with E-state index in [1.54, 1.807) is 32.4 Å². The Hall–Kier alpha value is -3.32. The van der Waals surface area contributed by atoms with Crippen LogP contribution in [0, 0.1) is 0 Å². The number of ether oxygens (including phenoxy) is 2. The van der Waals surface area contributed by atoms with Crippen molar-refractivity contribution in [3.05, 3.63) is 71.1 Å². The van der Waals surface area contributed by atoms with Crippen LogP contribution < -0.4 is 20.1 Å². The molecule has 0 atom stereocenters. The molecule has 8 heteroatoms. The fourth-order valence-electron chi connectivity index (χ4n) is 2.54. The molecular formula is C20H19ClN4O3. The Morgan fingerprint density at radius 3 is 2.54 bits per heavy atom. The molecule has 1 amide bonds. The van der Waals surface area contributed by atoms with Gasteiger partial charge >= 0.3 is 0 Å². The van der Waals surface area contributed by atoms with Gasteiger partial charge in [-0.3, -0.25) is 4.79 Å². The van der Waals surface area contributed by atoms with Crippen molar-refractivity contribution in [3.8, 4) is 11.5 Å². The molecule has 3 rings (SSSR count). The number of amides is 1. The molecule has 0 radical (unpaired) electrons. The average molecular weight is 399 g/mol. The lowest BCUT2D eigenvalue weighted by Gasteiger charge is -2.11. The normalized spacial score (nSPS) is 10.2. The van der Waals surface area contributed by atoms with Crippen LogP contribution in [-0.2, 0) is 6.54 Å². The third-order valence-electron chi connectivity index (χ3n) is 3.94. The number of rotatable bonds is 7. The van der Waals surface area contributed by atoms with Gasteiger partial charge in [-0.05, 0) is 24.3 Å². The molecule has 0 saturated heterocycles. The van der Waals surface area contributed by atoms with Crippen molar-refractivity contribution >= 4 is 29.0 Å². The van der Waals surface area contributed by atoms with Gasteiger partial charge in [0.25, 0.3) is 5.91 Å². The van der Waals surface area contributed by atoms with E-state index in [2.05, 4.69) is 20.6 Å². The first-order valence-corrected chi connectivity index (χ1v) is 8.81. The summed E-state index contributed by atoms with van der Waals surface area (Å²) in [6.45, 7) is 0.324. The minimum atomic E-state index is -0.328. The standard InChI is InChI=1S/C20H19ClN4O3/c1-27-17-6-4-3-5-13(17)10-24-20(26)16-11-23-19(12-22-16)25-15-9-14(21)7-8-18(15)28-2/h3-9,11-12H,10H2,1-2H3,(H,23,25)(H,24,26). The van der Waals surface area contributed by atoms with Gasteiger partial charge in [0, 0.05) is 17.1 Å². The Labute approximate surface area is 167 Å². The van der Waals surface area contributed by atoms with E-state index in [1.165, 1.54) is 12.4 Å². The largest absolute Gasteiger partial charge is 0.496 e. The van der Waals surface area contributed by atoms with Gasteiger partial charge in [0.2, 0.25) is 0 Å². The van der Waals surface area contributed by atoms with E-state index in [0.29, 0.717) is 34.6 Å². The molecule has 1 heterocycles. The maximum absolute atomic E-state index is 12.3. The van der Waals surface area contributed by atoms with Crippen LogP contribution >= 0.6 is 11.6 Å². The van der Waals surface area contributed by atoms with Gasteiger partial charge in [0.05, 0.1) is 32.3 Å². The van der Waals surface area contributed by atoms with Crippen LogP contribution in [0.5, 0.6) is 11.5 Å². The summed E-state index contributed by atoms with van der Waals surface area (Å²) in [7, 11) is 3.15. The summed E-state index contributed by atoms with van der Waals surface area (Å²) in [4.78, 5) is 20.7. The van der Waals surface area contributed by atoms with E-state index >= 15 is 0 Å². The number of aromatic nitrogens is 2. The number of nitrogens with one attached hydrogen (secondary N) is 2. The fraction of sp³-hybridized carbons (Fsp3) is 0.150. The molecule has 0 unspecified atom stereocenters. The van der Waals surface area contributed by atoms with Gasteiger partial charge in [-0.15, -0.1) is 0 Å². The molecule has 0 aliphatic rings. The second-order valence-electron chi connectivity index (χ2n) is 5.75. The molecule has 3 aromatic rings. The Morgan fingerprint density at radius 2 is 1.82 bits per heavy atom. The van der Waals surface area contributed by atoms with Crippen molar-refractivity contribution in [2.45, 2.75) is 6.54 Å². The van der Waals surface area contributed by atoms with E-state index < -0.39 is 0 Å². The third kappa shape index (κ3) is 4.69. The first-order chi connectivity index (χ1) is 13.6. The predicted molar refractivity (Wildman–Crippen MR) is 107 cm³/mol. The van der Waals surface area contributed by atoms with Crippen LogP contribution in [0.15, 0.2) is 54.9 Å². The highest BCUT2D eigenvalue weighted by molar-refractivity contribution is 6.31. The number of anilines is 2. The van der Waals surface area contributed by atoms with Gasteiger partial charge in [0.15, 0.2) is 0 Å². The second kappa shape index (κ2) is 9.05. The third-order valence-corrected chi connectivity index (χ3v) is 4.18. The lowest BCUT2D eigenvalue weighted by atomic mass is 10.2. The smallest absolute Gasteiger partial charge is 0.271 e. The highest BCUT2D eigenvalue weighted by atomic mass is 35.5. The summed E-state index contributed by atoms with van der Waals surface area (Å²) < 4.78 is 10.6. The van der Waals surface area contributed by atoms with Crippen LogP contribution in [0.25, 0.3) is 0 Å². The first-order valence-electron chi connectivity index (χ1n) is 8.43. The number of methoxy groups -OCH3 is 2. The van der Waals surface area contributed by atoms with Gasteiger partial charge < -0.3 is 20.1 Å². The van der Waals surface area contributed by atoms with Crippen LogP contribution in [0.1, 0.15) is 16.1 Å². The summed E-state index contributed by atoms with van der Waals surface area (Å²) >= 11 is 6.02. The van der Waals surface area contributed by atoms with Gasteiger partial charge in [-0.2, -0.15) is 0 Å². The van der Waals surface area contributed by atoms with Crippen molar-refractivity contribution < 1.29 is 14.3 Å². The van der Waals surface area contributed by atoms with E-state index in [1.807, 2.05) is 24.3 Å². The molecule has 0 spiro atoms. The topological polar surface area (TPSA) is 85.4 Å². The number of halogens is 1. The molecule has 0 aliphatic carbocycles. The molecule has 0 saturated carbocycles. The fourth-order valence-corrected chi connectivity index (χ4v) is 2.71. The zero-order chi connectivity index (χ0) is 19.9. The van der Waals surface area contributed by atoms with Crippen molar-refractivity contribution in [1.29, 1.82) is 0 Å². The van der Waals surface area contributed by atoms with Crippen LogP contribution in [0.3, 0.4) is 0 Å². The second-order valence-corrected chi connectivity index (χ2v) is 6.19. The van der Waals surface area contributed by atoms with E-state index in [9.17, 15) is 4.79 Å². The highest BCUT2D eigenvalue weighted by Gasteiger charge is 2.11. The summed E-state index contributed by atoms with van der Waals surface area (Å²) in [5.74, 6) is 1.46. The number of carbonyl (C=O) groups excluding carboxylic acids is 1. The monoisotopic (exact) mass is 398 g/mol. The maximum atomic E-state index is 12.3. The van der Waals surface area contributed by atoms with Crippen molar-refractivity contribution in [1.82, 2.24) is 15.3 Å². The van der Waals surface area contributed by atoms with Crippen molar-refractivity contribution in [3.63, 3.8) is 0 Å². The number of carbonyl (C=O) groups is 1. The summed E-state index contributed by atoms with van der Waals surface area (Å²) in [6.07, 6.45) is 2.87. The lowest BCUT2D eigenvalue weighted by molar-refractivity contribution is 0.0945. The van der Waals surface area contributed by atoms with E-state index in [0.717, 1.165) is 5.56 Å². The average Bonchev–Trinajstić information content (AvgIpc) is 2.73. The van der Waals surface area contributed by atoms with Crippen LogP contribution in [0.2, 0.25) is 5.02 Å². The molecule has 0 fully saturated rings. The SMILES string of the molecule is COc1ccccc1CNC(=O)c1cnc(Nc2cc(Cl)ccc2OC)cn1. The Bertz CT molecular complexity index is 964. The molecule has 0 aliphatic heterocycles. The molecule has 28 heavy (non-hydrogen) atoms. The molecular weight excluding hydrogens is 380 g/mol. The summed E-state index contributed by atoms with van der Waals surface area (Å²) in [6, 6.07) is 12.7. The summed E-state index contributed by atoms with van der Waals surface area (Å²) in [5, 5.41) is 6.44. The minimum Gasteiger partial charge on any atom is -0.496 e. The lowest BCUT2D eigenvalue weighted by Crippen LogP contribution is -2.24. The molecule has 0 bridgehead atoms. The first kappa shape index (κ1) is 19.4. The zero-order valence-corrected chi connectivity index (χ0v) is 16.2. The van der Waals surface area contributed by atoms with Crippen LogP contribution in [0.4, 0.5) is 11.5 Å². The van der Waals surface area contributed by atoms with Gasteiger partial charge in [-0.25, -0.2) is 9.97 Å². The quantitative estimate of drug-likeness (QED) is 0.629. The predicted octanol–water partition coefficient (Wildman–Crippen LogP) is 3.82. The molecule has 1 aromatic heterocycles. The van der Waals surface area contributed by atoms with Crippen molar-refractivity contribution in [2.24, 2.45) is 0 Å². The number of nitrogens with zero attached hydrogens (tertiary/aromatic N) is 2. The van der Waals surface area contributed by atoms with Gasteiger partial charge in [-0.1, -0.05) is 29.8 Å².